The molecule has 7 heteroatoms. The molecule has 1 aromatic rings. The lowest BCUT2D eigenvalue weighted by Crippen LogP contribution is -2.39. The molecule has 0 aromatic carbocycles. The third-order valence-electron chi connectivity index (χ3n) is 4.81. The maximum atomic E-state index is 12.7. The summed E-state index contributed by atoms with van der Waals surface area (Å²) in [5.74, 6) is 0.0222. The van der Waals surface area contributed by atoms with E-state index in [-0.39, 0.29) is 22.8 Å². The van der Waals surface area contributed by atoms with Crippen LogP contribution >= 0.6 is 11.8 Å². The van der Waals surface area contributed by atoms with E-state index in [1.165, 1.54) is 16.3 Å². The molecule has 1 heterocycles. The van der Waals surface area contributed by atoms with Crippen molar-refractivity contribution >= 4 is 17.7 Å². The van der Waals surface area contributed by atoms with Gasteiger partial charge in [0.05, 0.1) is 5.25 Å². The van der Waals surface area contributed by atoms with E-state index in [2.05, 4.69) is 36.0 Å². The van der Waals surface area contributed by atoms with Gasteiger partial charge in [-0.05, 0) is 52.2 Å². The summed E-state index contributed by atoms with van der Waals surface area (Å²) in [6, 6.07) is 1.70. The quantitative estimate of drug-likeness (QED) is 0.435. The Balaban J connectivity index is 2.64. The van der Waals surface area contributed by atoms with Gasteiger partial charge in [0, 0.05) is 24.8 Å². The number of carbonyl (C=O) groups excluding carboxylic acids is 1. The Hall–Kier alpha value is -1.34. The fourth-order valence-electron chi connectivity index (χ4n) is 2.87. The van der Waals surface area contributed by atoms with Crippen LogP contribution in [0.15, 0.2) is 16.0 Å². The van der Waals surface area contributed by atoms with Crippen LogP contribution in [0.2, 0.25) is 0 Å². The van der Waals surface area contributed by atoms with Crippen LogP contribution < -0.4 is 10.9 Å². The first-order chi connectivity index (χ1) is 12.9. The molecule has 0 saturated carbocycles. The number of carbonyl (C=O) groups is 1. The van der Waals surface area contributed by atoms with Crippen molar-refractivity contribution in [3.63, 3.8) is 0 Å². The molecule has 0 aliphatic carbocycles. The van der Waals surface area contributed by atoms with Gasteiger partial charge in [-0.1, -0.05) is 39.5 Å². The van der Waals surface area contributed by atoms with Crippen molar-refractivity contribution in [2.75, 3.05) is 19.6 Å². The van der Waals surface area contributed by atoms with E-state index >= 15 is 0 Å². The second kappa shape index (κ2) is 12.2. The summed E-state index contributed by atoms with van der Waals surface area (Å²) in [6.07, 6.45) is 3.43. The first-order valence-electron chi connectivity index (χ1n) is 10.1. The summed E-state index contributed by atoms with van der Waals surface area (Å²) < 4.78 is 1.52. The van der Waals surface area contributed by atoms with Crippen molar-refractivity contribution in [3.05, 3.63) is 22.1 Å². The first kappa shape index (κ1) is 23.7. The van der Waals surface area contributed by atoms with Crippen molar-refractivity contribution in [1.82, 2.24) is 19.8 Å². The largest absolute Gasteiger partial charge is 0.353 e. The molecule has 0 aliphatic rings. The molecular formula is C20H36N4O2S. The average Bonchev–Trinajstić information content (AvgIpc) is 2.65. The standard InChI is InChI=1S/C20H36N4O2S/c1-7-16-14-18(25)23(6)20(22-16)27-17(8-2)19(26)21-15(5)12-11-13-24(9-3)10-4/h14-15,17H,7-13H2,1-6H3,(H,21,26). The van der Waals surface area contributed by atoms with E-state index < -0.39 is 0 Å². The number of aryl methyl sites for hydroxylation is 1. The van der Waals surface area contributed by atoms with Gasteiger partial charge in [0.25, 0.3) is 5.56 Å². The number of rotatable bonds is 12. The first-order valence-corrected chi connectivity index (χ1v) is 11.0. The number of amides is 1. The van der Waals surface area contributed by atoms with Gasteiger partial charge >= 0.3 is 0 Å². The summed E-state index contributed by atoms with van der Waals surface area (Å²) in [5.41, 5.74) is 0.685. The molecule has 1 amide bonds. The van der Waals surface area contributed by atoms with E-state index in [9.17, 15) is 9.59 Å². The number of aromatic nitrogens is 2. The Kier molecular flexibility index (Phi) is 10.7. The lowest BCUT2D eigenvalue weighted by Gasteiger charge is -2.21. The van der Waals surface area contributed by atoms with Crippen molar-refractivity contribution in [2.45, 2.75) is 76.8 Å². The molecule has 0 radical (unpaired) electrons. The van der Waals surface area contributed by atoms with Crippen molar-refractivity contribution in [2.24, 2.45) is 7.05 Å². The minimum absolute atomic E-state index is 0.0222. The fraction of sp³-hybridized carbons (Fsp3) is 0.750. The summed E-state index contributed by atoms with van der Waals surface area (Å²) in [6.45, 7) is 13.6. The normalized spacial score (nSPS) is 13.6. The molecular weight excluding hydrogens is 360 g/mol. The Morgan fingerprint density at radius 2 is 1.96 bits per heavy atom. The van der Waals surface area contributed by atoms with E-state index in [1.54, 1.807) is 13.1 Å². The van der Waals surface area contributed by atoms with Gasteiger partial charge < -0.3 is 10.2 Å². The monoisotopic (exact) mass is 396 g/mol. The van der Waals surface area contributed by atoms with Gasteiger partial charge in [0.1, 0.15) is 0 Å². The topological polar surface area (TPSA) is 67.2 Å². The molecule has 1 rings (SSSR count). The van der Waals surface area contributed by atoms with E-state index in [0.29, 0.717) is 18.0 Å². The molecule has 2 atom stereocenters. The zero-order valence-corrected chi connectivity index (χ0v) is 18.6. The predicted octanol–water partition coefficient (Wildman–Crippen LogP) is 2.84. The Morgan fingerprint density at radius 1 is 1.30 bits per heavy atom. The molecule has 27 heavy (non-hydrogen) atoms. The second-order valence-electron chi connectivity index (χ2n) is 6.87. The maximum Gasteiger partial charge on any atom is 0.254 e. The Morgan fingerprint density at radius 3 is 2.52 bits per heavy atom. The number of nitrogens with one attached hydrogen (secondary N) is 1. The van der Waals surface area contributed by atoms with Gasteiger partial charge in [-0.2, -0.15) is 0 Å². The van der Waals surface area contributed by atoms with Gasteiger partial charge in [-0.3, -0.25) is 14.2 Å². The van der Waals surface area contributed by atoms with E-state index in [1.807, 2.05) is 13.8 Å². The minimum atomic E-state index is -0.250. The highest BCUT2D eigenvalue weighted by Crippen LogP contribution is 2.23. The molecule has 1 aromatic heterocycles. The predicted molar refractivity (Wildman–Crippen MR) is 113 cm³/mol. The molecule has 0 spiro atoms. The van der Waals surface area contributed by atoms with E-state index in [0.717, 1.165) is 38.2 Å². The Bertz CT molecular complexity index is 643. The zero-order valence-electron chi connectivity index (χ0n) is 17.7. The minimum Gasteiger partial charge on any atom is -0.353 e. The summed E-state index contributed by atoms with van der Waals surface area (Å²) in [5, 5.41) is 3.49. The SMILES string of the molecule is CCc1cc(=O)n(C)c(SC(CC)C(=O)NC(C)CCCN(CC)CC)n1. The van der Waals surface area contributed by atoms with Crippen molar-refractivity contribution in [1.29, 1.82) is 0 Å². The highest BCUT2D eigenvalue weighted by atomic mass is 32.2. The van der Waals surface area contributed by atoms with Crippen LogP contribution in [0.3, 0.4) is 0 Å². The highest BCUT2D eigenvalue weighted by molar-refractivity contribution is 8.00. The van der Waals surface area contributed by atoms with Crippen LogP contribution in [0.5, 0.6) is 0 Å². The van der Waals surface area contributed by atoms with E-state index in [4.69, 9.17) is 0 Å². The highest BCUT2D eigenvalue weighted by Gasteiger charge is 2.22. The fourth-order valence-corrected chi connectivity index (χ4v) is 3.88. The van der Waals surface area contributed by atoms with Gasteiger partial charge in [0.15, 0.2) is 5.16 Å². The third-order valence-corrected chi connectivity index (χ3v) is 6.22. The molecule has 0 saturated heterocycles. The number of hydrogen-bond acceptors (Lipinski definition) is 5. The van der Waals surface area contributed by atoms with Gasteiger partial charge in [-0.25, -0.2) is 4.98 Å². The number of hydrogen-bond donors (Lipinski definition) is 1. The average molecular weight is 397 g/mol. The van der Waals surface area contributed by atoms with Gasteiger partial charge in [0.2, 0.25) is 5.91 Å². The smallest absolute Gasteiger partial charge is 0.254 e. The van der Waals surface area contributed by atoms with Crippen LogP contribution in [-0.4, -0.2) is 51.3 Å². The maximum absolute atomic E-state index is 12.7. The second-order valence-corrected chi connectivity index (χ2v) is 8.04. The molecule has 0 aliphatic heterocycles. The van der Waals surface area contributed by atoms with Crippen LogP contribution in [-0.2, 0) is 18.3 Å². The molecule has 1 N–H and O–H groups in total. The molecule has 6 nitrogen and oxygen atoms in total. The summed E-state index contributed by atoms with van der Waals surface area (Å²) >= 11 is 1.38. The number of thioether (sulfide) groups is 1. The van der Waals surface area contributed by atoms with Crippen LogP contribution in [0.4, 0.5) is 0 Å². The van der Waals surface area contributed by atoms with Crippen molar-refractivity contribution < 1.29 is 4.79 Å². The van der Waals surface area contributed by atoms with Crippen LogP contribution in [0.25, 0.3) is 0 Å². The molecule has 2 unspecified atom stereocenters. The Labute approximate surface area is 168 Å². The van der Waals surface area contributed by atoms with Gasteiger partial charge in [-0.15, -0.1) is 0 Å². The molecule has 154 valence electrons. The van der Waals surface area contributed by atoms with Crippen molar-refractivity contribution in [3.8, 4) is 0 Å². The number of nitrogens with zero attached hydrogens (tertiary/aromatic N) is 3. The lowest BCUT2D eigenvalue weighted by molar-refractivity contribution is -0.121. The third kappa shape index (κ3) is 7.66. The lowest BCUT2D eigenvalue weighted by atomic mass is 10.1. The summed E-state index contributed by atoms with van der Waals surface area (Å²) in [7, 11) is 1.71. The van der Waals surface area contributed by atoms with Crippen LogP contribution in [0, 0.1) is 0 Å². The zero-order chi connectivity index (χ0) is 20.4. The summed E-state index contributed by atoms with van der Waals surface area (Å²) in [4.78, 5) is 31.7. The van der Waals surface area contributed by atoms with Crippen LogP contribution in [0.1, 0.15) is 59.6 Å². The molecule has 0 bridgehead atoms. The molecule has 0 fully saturated rings.